The van der Waals surface area contributed by atoms with Gasteiger partial charge in [-0.1, -0.05) is 54.3 Å². The lowest BCUT2D eigenvalue weighted by molar-refractivity contribution is -0.115. The van der Waals surface area contributed by atoms with Gasteiger partial charge >= 0.3 is 0 Å². The van der Waals surface area contributed by atoms with Gasteiger partial charge in [0.2, 0.25) is 11.0 Å². The summed E-state index contributed by atoms with van der Waals surface area (Å²) in [4.78, 5) is 17.1. The maximum absolute atomic E-state index is 12.5. The normalized spacial score (nSPS) is 12.2. The smallest absolute Gasteiger partial charge is 0.239 e. The van der Waals surface area contributed by atoms with E-state index in [2.05, 4.69) is 20.5 Å². The van der Waals surface area contributed by atoms with Gasteiger partial charge in [-0.3, -0.25) is 10.1 Å². The Hall–Kier alpha value is -2.03. The second kappa shape index (κ2) is 8.37. The van der Waals surface area contributed by atoms with Crippen molar-refractivity contribution >= 4 is 45.0 Å². The predicted molar refractivity (Wildman–Crippen MR) is 101 cm³/mol. The van der Waals surface area contributed by atoms with Crippen LogP contribution in [0.4, 0.5) is 5.13 Å². The molecule has 2 aromatic heterocycles. The number of hydrogen-bond donors (Lipinski definition) is 1. The molecule has 1 N–H and O–H groups in total. The Kier molecular flexibility index (Phi) is 5.95. The Morgan fingerprint density at radius 2 is 2.12 bits per heavy atom. The predicted octanol–water partition coefficient (Wildman–Crippen LogP) is 3.74. The second-order valence-corrected chi connectivity index (χ2v) is 7.57. The molecule has 1 aromatic carbocycles. The van der Waals surface area contributed by atoms with Crippen molar-refractivity contribution in [2.24, 2.45) is 0 Å². The van der Waals surface area contributed by atoms with Crippen molar-refractivity contribution in [3.63, 3.8) is 0 Å². The summed E-state index contributed by atoms with van der Waals surface area (Å²) in [7, 11) is 1.60. The summed E-state index contributed by atoms with van der Waals surface area (Å²) in [5.74, 6) is -0.0948. The average Bonchev–Trinajstić information content (AvgIpc) is 3.06. The number of methoxy groups -OCH3 is 1. The minimum absolute atomic E-state index is 0.0948. The van der Waals surface area contributed by atoms with Gasteiger partial charge < -0.3 is 4.74 Å². The Morgan fingerprint density at radius 3 is 2.92 bits per heavy atom. The highest BCUT2D eigenvalue weighted by Gasteiger charge is 2.20. The molecule has 0 spiro atoms. The summed E-state index contributed by atoms with van der Waals surface area (Å²) >= 11 is 2.77. The molecule has 0 saturated heterocycles. The highest BCUT2D eigenvalue weighted by molar-refractivity contribution is 8.00. The van der Waals surface area contributed by atoms with E-state index in [0.717, 1.165) is 20.9 Å². The summed E-state index contributed by atoms with van der Waals surface area (Å²) in [6.45, 7) is 2.37. The first-order valence-electron chi connectivity index (χ1n) is 7.84. The number of carbonyl (C=O) groups is 1. The molecule has 0 unspecified atom stereocenters. The zero-order valence-electron chi connectivity index (χ0n) is 13.9. The van der Waals surface area contributed by atoms with Crippen LogP contribution in [-0.2, 0) is 16.1 Å². The van der Waals surface area contributed by atoms with Gasteiger partial charge in [-0.25, -0.2) is 4.98 Å². The van der Waals surface area contributed by atoms with E-state index in [1.165, 1.54) is 23.1 Å². The molecule has 1 atom stereocenters. The molecule has 1 amide bonds. The highest BCUT2D eigenvalue weighted by Crippen LogP contribution is 2.27. The molecule has 0 aliphatic rings. The summed E-state index contributed by atoms with van der Waals surface area (Å²) in [6, 6.07) is 11.9. The lowest BCUT2D eigenvalue weighted by Gasteiger charge is -2.13. The minimum Gasteiger partial charge on any atom is -0.377 e. The molecule has 0 fully saturated rings. The number of rotatable bonds is 7. The third kappa shape index (κ3) is 4.53. The third-order valence-corrected chi connectivity index (χ3v) is 5.58. The molecule has 130 valence electrons. The van der Waals surface area contributed by atoms with Crippen LogP contribution in [0.3, 0.4) is 0 Å². The number of aromatic nitrogens is 3. The van der Waals surface area contributed by atoms with Crippen molar-refractivity contribution in [1.29, 1.82) is 0 Å². The molecule has 0 radical (unpaired) electrons. The van der Waals surface area contributed by atoms with Crippen LogP contribution in [0.15, 0.2) is 41.4 Å². The highest BCUT2D eigenvalue weighted by atomic mass is 32.2. The average molecular weight is 374 g/mol. The van der Waals surface area contributed by atoms with E-state index in [1.54, 1.807) is 7.11 Å². The number of ether oxygens (including phenoxy) is 1. The van der Waals surface area contributed by atoms with Gasteiger partial charge in [-0.15, -0.1) is 10.2 Å². The SMILES string of the molecule is CC[C@@H](Sc1ccc2ccccc2n1)C(=O)Nc1nnc(COC)s1. The summed E-state index contributed by atoms with van der Waals surface area (Å²) in [5.41, 5.74) is 0.927. The van der Waals surface area contributed by atoms with Gasteiger partial charge in [0.15, 0.2) is 0 Å². The second-order valence-electron chi connectivity index (χ2n) is 5.28. The van der Waals surface area contributed by atoms with Crippen molar-refractivity contribution in [1.82, 2.24) is 15.2 Å². The van der Waals surface area contributed by atoms with Crippen LogP contribution in [0.5, 0.6) is 0 Å². The van der Waals surface area contributed by atoms with Crippen LogP contribution >= 0.6 is 23.1 Å². The molecule has 25 heavy (non-hydrogen) atoms. The van der Waals surface area contributed by atoms with Crippen LogP contribution in [0, 0.1) is 0 Å². The quantitative estimate of drug-likeness (QED) is 0.635. The number of hydrogen-bond acceptors (Lipinski definition) is 7. The maximum Gasteiger partial charge on any atom is 0.239 e. The molecule has 0 bridgehead atoms. The molecular formula is C17H18N4O2S2. The Balaban J connectivity index is 1.68. The van der Waals surface area contributed by atoms with Crippen molar-refractivity contribution in [3.8, 4) is 0 Å². The number of benzene rings is 1. The number of amides is 1. The summed E-state index contributed by atoms with van der Waals surface area (Å²) < 4.78 is 5.01. The maximum atomic E-state index is 12.5. The van der Waals surface area contributed by atoms with Gasteiger partial charge in [0, 0.05) is 12.5 Å². The molecule has 0 saturated carbocycles. The minimum atomic E-state index is -0.247. The number of carbonyl (C=O) groups excluding carboxylic acids is 1. The number of thioether (sulfide) groups is 1. The molecule has 3 rings (SSSR count). The van der Waals surface area contributed by atoms with Crippen molar-refractivity contribution in [2.75, 3.05) is 12.4 Å². The third-order valence-electron chi connectivity index (χ3n) is 3.46. The molecule has 6 nitrogen and oxygen atoms in total. The number of anilines is 1. The van der Waals surface area contributed by atoms with Gasteiger partial charge in [0.25, 0.3) is 0 Å². The van der Waals surface area contributed by atoms with E-state index in [9.17, 15) is 4.79 Å². The molecular weight excluding hydrogens is 356 g/mol. The lowest BCUT2D eigenvalue weighted by Crippen LogP contribution is -2.24. The van der Waals surface area contributed by atoms with Gasteiger partial charge in [0.1, 0.15) is 11.6 Å². The first-order chi connectivity index (χ1) is 12.2. The fourth-order valence-electron chi connectivity index (χ4n) is 2.25. The van der Waals surface area contributed by atoms with E-state index in [4.69, 9.17) is 4.74 Å². The fourth-order valence-corrected chi connectivity index (χ4v) is 3.89. The topological polar surface area (TPSA) is 77.0 Å². The van der Waals surface area contributed by atoms with Gasteiger partial charge in [0.05, 0.1) is 15.8 Å². The molecule has 3 aromatic rings. The molecule has 0 aliphatic heterocycles. The van der Waals surface area contributed by atoms with Crippen LogP contribution in [0.25, 0.3) is 10.9 Å². The first-order valence-corrected chi connectivity index (χ1v) is 9.54. The number of para-hydroxylation sites is 1. The number of pyridine rings is 1. The van der Waals surface area contributed by atoms with Crippen LogP contribution < -0.4 is 5.32 Å². The Bertz CT molecular complexity index is 868. The lowest BCUT2D eigenvalue weighted by atomic mass is 10.2. The molecule has 0 aliphatic carbocycles. The zero-order chi connectivity index (χ0) is 17.6. The zero-order valence-corrected chi connectivity index (χ0v) is 15.6. The van der Waals surface area contributed by atoms with Crippen molar-refractivity contribution in [2.45, 2.75) is 30.2 Å². The number of fused-ring (bicyclic) bond motifs is 1. The van der Waals surface area contributed by atoms with Crippen LogP contribution in [0.1, 0.15) is 18.4 Å². The van der Waals surface area contributed by atoms with Crippen LogP contribution in [0.2, 0.25) is 0 Å². The van der Waals surface area contributed by atoms with E-state index < -0.39 is 0 Å². The standard InChI is InChI=1S/C17H18N4O2S2/c1-3-13(16(22)19-17-21-20-15(25-17)10-23-2)24-14-9-8-11-6-4-5-7-12(11)18-14/h4-9,13H,3,10H2,1-2H3,(H,19,21,22)/t13-/m1/s1. The summed E-state index contributed by atoms with van der Waals surface area (Å²) in [6.07, 6.45) is 0.689. The van der Waals surface area contributed by atoms with E-state index in [-0.39, 0.29) is 11.2 Å². The summed E-state index contributed by atoms with van der Waals surface area (Å²) in [5, 5.41) is 13.7. The van der Waals surface area contributed by atoms with E-state index in [1.807, 2.05) is 43.3 Å². The monoisotopic (exact) mass is 374 g/mol. The van der Waals surface area contributed by atoms with Crippen molar-refractivity contribution < 1.29 is 9.53 Å². The van der Waals surface area contributed by atoms with E-state index >= 15 is 0 Å². The molecule has 2 heterocycles. The largest absolute Gasteiger partial charge is 0.377 e. The molecule has 8 heteroatoms. The van der Waals surface area contributed by atoms with Gasteiger partial charge in [-0.2, -0.15) is 0 Å². The number of nitrogens with zero attached hydrogens (tertiary/aromatic N) is 3. The fraction of sp³-hybridized carbons (Fsp3) is 0.294. The van der Waals surface area contributed by atoms with E-state index in [0.29, 0.717) is 18.2 Å². The van der Waals surface area contributed by atoms with Crippen molar-refractivity contribution in [3.05, 3.63) is 41.4 Å². The Labute approximate surface area is 154 Å². The van der Waals surface area contributed by atoms with Gasteiger partial charge in [-0.05, 0) is 18.6 Å². The first kappa shape index (κ1) is 17.8. The Morgan fingerprint density at radius 1 is 1.28 bits per heavy atom. The number of nitrogens with one attached hydrogen (secondary N) is 1. The van der Waals surface area contributed by atoms with Crippen LogP contribution in [-0.4, -0.2) is 33.4 Å².